The van der Waals surface area contributed by atoms with Crippen LogP contribution in [0.3, 0.4) is 0 Å². The number of piperazine rings is 1. The summed E-state index contributed by atoms with van der Waals surface area (Å²) in [6, 6.07) is 11.3. The van der Waals surface area contributed by atoms with Crippen molar-refractivity contribution in [1.82, 2.24) is 4.31 Å². The first-order chi connectivity index (χ1) is 14.6. The van der Waals surface area contributed by atoms with Crippen LogP contribution in [-0.2, 0) is 21.0 Å². The van der Waals surface area contributed by atoms with Crippen molar-refractivity contribution in [3.8, 4) is 0 Å². The standard InChI is InChI=1S/C22H23F3N2O3S/c1-2-20(28)9-6-17-7-10-21(11-8-17)31(29,30)27-14-12-26(13-15-27)19-5-3-4-18(16-19)22(23,24)25/h3-11,16H,2,12-15H2,1H3/b9-6+. The number of carbonyl (C=O) groups is 1. The molecule has 0 aliphatic carbocycles. The number of ketones is 1. The average Bonchev–Trinajstić information content (AvgIpc) is 2.77. The van der Waals surface area contributed by atoms with Gasteiger partial charge in [0.25, 0.3) is 0 Å². The minimum atomic E-state index is -4.42. The quantitative estimate of drug-likeness (QED) is 0.617. The van der Waals surface area contributed by atoms with E-state index >= 15 is 0 Å². The number of benzene rings is 2. The molecule has 1 aliphatic rings. The van der Waals surface area contributed by atoms with E-state index in [1.165, 1.54) is 28.6 Å². The van der Waals surface area contributed by atoms with Crippen molar-refractivity contribution in [3.63, 3.8) is 0 Å². The molecule has 0 amide bonds. The van der Waals surface area contributed by atoms with Crippen LogP contribution < -0.4 is 4.90 Å². The van der Waals surface area contributed by atoms with Crippen molar-refractivity contribution < 1.29 is 26.4 Å². The van der Waals surface area contributed by atoms with Crippen LogP contribution in [0.4, 0.5) is 18.9 Å². The van der Waals surface area contributed by atoms with Gasteiger partial charge < -0.3 is 4.90 Å². The molecule has 1 heterocycles. The highest BCUT2D eigenvalue weighted by atomic mass is 32.2. The maximum absolute atomic E-state index is 12.9. The van der Waals surface area contributed by atoms with Crippen molar-refractivity contribution in [3.05, 3.63) is 65.7 Å². The molecular formula is C22H23F3N2O3S. The Kier molecular flexibility index (Phi) is 6.86. The van der Waals surface area contributed by atoms with Gasteiger partial charge in [-0.05, 0) is 42.0 Å². The number of anilines is 1. The Labute approximate surface area is 179 Å². The molecule has 0 unspecified atom stereocenters. The van der Waals surface area contributed by atoms with Crippen LogP contribution in [0, 0.1) is 0 Å². The molecule has 2 aromatic rings. The van der Waals surface area contributed by atoms with Crippen molar-refractivity contribution >= 4 is 27.6 Å². The minimum Gasteiger partial charge on any atom is -0.369 e. The minimum absolute atomic E-state index is 0.0182. The maximum Gasteiger partial charge on any atom is 0.416 e. The number of allylic oxidation sites excluding steroid dienone is 1. The largest absolute Gasteiger partial charge is 0.416 e. The molecule has 0 saturated carbocycles. The first-order valence-electron chi connectivity index (χ1n) is 9.84. The van der Waals surface area contributed by atoms with E-state index < -0.39 is 21.8 Å². The maximum atomic E-state index is 12.9. The van der Waals surface area contributed by atoms with E-state index in [4.69, 9.17) is 0 Å². The predicted octanol–water partition coefficient (Wildman–Crippen LogP) is 4.21. The summed E-state index contributed by atoms with van der Waals surface area (Å²) in [5, 5.41) is 0. The van der Waals surface area contributed by atoms with Gasteiger partial charge in [0, 0.05) is 38.3 Å². The van der Waals surface area contributed by atoms with Gasteiger partial charge in [0.2, 0.25) is 10.0 Å². The van der Waals surface area contributed by atoms with Gasteiger partial charge in [-0.15, -0.1) is 0 Å². The third-order valence-corrected chi connectivity index (χ3v) is 7.02. The summed E-state index contributed by atoms with van der Waals surface area (Å²) in [5.41, 5.74) is 0.412. The van der Waals surface area contributed by atoms with E-state index in [0.717, 1.165) is 17.7 Å². The first kappa shape index (κ1) is 23.0. The molecule has 0 aromatic heterocycles. The molecule has 0 N–H and O–H groups in total. The summed E-state index contributed by atoms with van der Waals surface area (Å²) in [5.74, 6) is -0.0182. The molecule has 3 rings (SSSR count). The number of sulfonamides is 1. The lowest BCUT2D eigenvalue weighted by Crippen LogP contribution is -2.48. The van der Waals surface area contributed by atoms with E-state index in [9.17, 15) is 26.4 Å². The number of carbonyl (C=O) groups excluding carboxylic acids is 1. The van der Waals surface area contributed by atoms with Crippen molar-refractivity contribution in [1.29, 1.82) is 0 Å². The molecule has 31 heavy (non-hydrogen) atoms. The third kappa shape index (κ3) is 5.54. The van der Waals surface area contributed by atoms with Gasteiger partial charge in [0.05, 0.1) is 10.5 Å². The second-order valence-corrected chi connectivity index (χ2v) is 9.10. The van der Waals surface area contributed by atoms with E-state index in [0.29, 0.717) is 25.2 Å². The lowest BCUT2D eigenvalue weighted by molar-refractivity contribution is -0.137. The van der Waals surface area contributed by atoms with Gasteiger partial charge in [0.1, 0.15) is 0 Å². The van der Waals surface area contributed by atoms with Crippen molar-refractivity contribution in [2.45, 2.75) is 24.4 Å². The highest BCUT2D eigenvalue weighted by molar-refractivity contribution is 7.89. The Balaban J connectivity index is 1.67. The average molecular weight is 452 g/mol. The second-order valence-electron chi connectivity index (χ2n) is 7.16. The Bertz CT molecular complexity index is 1060. The Morgan fingerprint density at radius 2 is 1.68 bits per heavy atom. The molecule has 2 aromatic carbocycles. The molecule has 0 bridgehead atoms. The smallest absolute Gasteiger partial charge is 0.369 e. The summed E-state index contributed by atoms with van der Waals surface area (Å²) in [7, 11) is -3.72. The first-order valence-corrected chi connectivity index (χ1v) is 11.3. The van der Waals surface area contributed by atoms with Gasteiger partial charge in [-0.2, -0.15) is 17.5 Å². The van der Waals surface area contributed by atoms with Gasteiger partial charge in [0.15, 0.2) is 5.78 Å². The Morgan fingerprint density at radius 1 is 1.03 bits per heavy atom. The van der Waals surface area contributed by atoms with Crippen molar-refractivity contribution in [2.24, 2.45) is 0 Å². The van der Waals surface area contributed by atoms with Gasteiger partial charge in [-0.3, -0.25) is 4.79 Å². The fourth-order valence-electron chi connectivity index (χ4n) is 3.27. The van der Waals surface area contributed by atoms with Crippen LogP contribution in [0.5, 0.6) is 0 Å². The number of halogens is 3. The number of hydrogen-bond acceptors (Lipinski definition) is 4. The number of rotatable bonds is 6. The Hall–Kier alpha value is -2.65. The topological polar surface area (TPSA) is 57.7 Å². The second kappa shape index (κ2) is 9.23. The molecule has 0 spiro atoms. The zero-order chi connectivity index (χ0) is 22.6. The highest BCUT2D eigenvalue weighted by Crippen LogP contribution is 2.32. The van der Waals surface area contributed by atoms with Crippen LogP contribution in [0.2, 0.25) is 0 Å². The van der Waals surface area contributed by atoms with Crippen LogP contribution in [-0.4, -0.2) is 44.7 Å². The SMILES string of the molecule is CCC(=O)/C=C/c1ccc(S(=O)(=O)N2CCN(c3cccc(C(F)(F)F)c3)CC2)cc1. The fourth-order valence-corrected chi connectivity index (χ4v) is 4.69. The predicted molar refractivity (Wildman–Crippen MR) is 113 cm³/mol. The molecule has 1 fully saturated rings. The molecule has 1 saturated heterocycles. The molecule has 5 nitrogen and oxygen atoms in total. The summed E-state index contributed by atoms with van der Waals surface area (Å²) in [4.78, 5) is 13.3. The Morgan fingerprint density at radius 3 is 2.26 bits per heavy atom. The summed E-state index contributed by atoms with van der Waals surface area (Å²) in [6.45, 7) is 2.69. The number of nitrogens with zero attached hydrogens (tertiary/aromatic N) is 2. The fraction of sp³-hybridized carbons (Fsp3) is 0.318. The van der Waals surface area contributed by atoms with E-state index in [1.807, 2.05) is 0 Å². The van der Waals surface area contributed by atoms with E-state index in [2.05, 4.69) is 0 Å². The number of alkyl halides is 3. The molecule has 9 heteroatoms. The van der Waals surface area contributed by atoms with Gasteiger partial charge >= 0.3 is 6.18 Å². The molecule has 166 valence electrons. The zero-order valence-corrected chi connectivity index (χ0v) is 17.8. The lowest BCUT2D eigenvalue weighted by atomic mass is 10.1. The molecule has 1 aliphatic heterocycles. The van der Waals surface area contributed by atoms with Crippen LogP contribution in [0.1, 0.15) is 24.5 Å². The zero-order valence-electron chi connectivity index (χ0n) is 17.0. The van der Waals surface area contributed by atoms with E-state index in [1.54, 1.807) is 36.1 Å². The molecule has 0 atom stereocenters. The van der Waals surface area contributed by atoms with Crippen molar-refractivity contribution in [2.75, 3.05) is 31.1 Å². The summed E-state index contributed by atoms with van der Waals surface area (Å²) in [6.07, 6.45) is -0.936. The van der Waals surface area contributed by atoms with Crippen LogP contribution >= 0.6 is 0 Å². The van der Waals surface area contributed by atoms with Crippen LogP contribution in [0.15, 0.2) is 59.5 Å². The third-order valence-electron chi connectivity index (χ3n) is 5.11. The summed E-state index contributed by atoms with van der Waals surface area (Å²) >= 11 is 0. The lowest BCUT2D eigenvalue weighted by Gasteiger charge is -2.35. The number of hydrogen-bond donors (Lipinski definition) is 0. The van der Waals surface area contributed by atoms with Gasteiger partial charge in [-0.1, -0.05) is 31.2 Å². The van der Waals surface area contributed by atoms with Gasteiger partial charge in [-0.25, -0.2) is 8.42 Å². The van der Waals surface area contributed by atoms with Crippen LogP contribution in [0.25, 0.3) is 6.08 Å². The normalized spacial score (nSPS) is 16.1. The molecular weight excluding hydrogens is 429 g/mol. The highest BCUT2D eigenvalue weighted by Gasteiger charge is 2.32. The van der Waals surface area contributed by atoms with E-state index in [-0.39, 0.29) is 23.8 Å². The molecule has 0 radical (unpaired) electrons. The summed E-state index contributed by atoms with van der Waals surface area (Å²) < 4.78 is 66.0. The monoisotopic (exact) mass is 452 g/mol.